The highest BCUT2D eigenvalue weighted by Crippen LogP contribution is 2.27. The van der Waals surface area contributed by atoms with Gasteiger partial charge in [0, 0.05) is 31.1 Å². The normalized spacial score (nSPS) is 21.0. The molecule has 0 amide bonds. The van der Waals surface area contributed by atoms with E-state index in [4.69, 9.17) is 11.6 Å². The van der Waals surface area contributed by atoms with Crippen molar-refractivity contribution >= 4 is 28.3 Å². The number of hydrogen-bond acceptors (Lipinski definition) is 4. The molecule has 1 fully saturated rings. The third kappa shape index (κ3) is 2.38. The molecule has 1 aromatic carbocycles. The van der Waals surface area contributed by atoms with Crippen LogP contribution < -0.4 is 4.90 Å². The molecule has 0 saturated carbocycles. The first-order valence-electron chi connectivity index (χ1n) is 6.52. The number of halogens is 1. The van der Waals surface area contributed by atoms with Crippen LogP contribution in [0.1, 0.15) is 6.92 Å². The molecule has 2 heterocycles. The van der Waals surface area contributed by atoms with Crippen LogP contribution in [0.2, 0.25) is 5.28 Å². The lowest BCUT2D eigenvalue weighted by Gasteiger charge is -2.39. The van der Waals surface area contributed by atoms with E-state index < -0.39 is 0 Å². The Hall–Kier alpha value is -1.39. The third-order valence-electron chi connectivity index (χ3n) is 3.66. The van der Waals surface area contributed by atoms with Gasteiger partial charge >= 0.3 is 0 Å². The number of benzene rings is 1. The van der Waals surface area contributed by atoms with E-state index in [1.807, 2.05) is 18.2 Å². The molecule has 5 heteroatoms. The second kappa shape index (κ2) is 4.94. The summed E-state index contributed by atoms with van der Waals surface area (Å²) in [5.74, 6) is 0.955. The Morgan fingerprint density at radius 2 is 2.00 bits per heavy atom. The molecule has 19 heavy (non-hydrogen) atoms. The first-order chi connectivity index (χ1) is 9.15. The zero-order valence-electron chi connectivity index (χ0n) is 11.2. The number of hydrogen-bond donors (Lipinski definition) is 0. The van der Waals surface area contributed by atoms with Crippen molar-refractivity contribution in [1.82, 2.24) is 14.9 Å². The summed E-state index contributed by atoms with van der Waals surface area (Å²) in [4.78, 5) is 13.4. The first kappa shape index (κ1) is 12.6. The van der Waals surface area contributed by atoms with Gasteiger partial charge in [0.15, 0.2) is 0 Å². The number of rotatable bonds is 1. The maximum absolute atomic E-state index is 6.06. The van der Waals surface area contributed by atoms with Crippen molar-refractivity contribution in [3.05, 3.63) is 29.5 Å². The fourth-order valence-electron chi connectivity index (χ4n) is 2.71. The fourth-order valence-corrected chi connectivity index (χ4v) is 2.88. The van der Waals surface area contributed by atoms with Crippen LogP contribution in [0.4, 0.5) is 5.82 Å². The van der Waals surface area contributed by atoms with Crippen molar-refractivity contribution in [2.75, 3.05) is 31.6 Å². The Balaban J connectivity index is 2.09. The summed E-state index contributed by atoms with van der Waals surface area (Å²) in [6.07, 6.45) is 0. The maximum atomic E-state index is 6.06. The van der Waals surface area contributed by atoms with E-state index in [2.05, 4.69) is 39.8 Å². The molecule has 0 aliphatic carbocycles. The van der Waals surface area contributed by atoms with Gasteiger partial charge in [-0.15, -0.1) is 0 Å². The number of aromatic nitrogens is 2. The summed E-state index contributed by atoms with van der Waals surface area (Å²) in [5.41, 5.74) is 0.906. The molecular weight excluding hydrogens is 260 g/mol. The van der Waals surface area contributed by atoms with E-state index >= 15 is 0 Å². The highest BCUT2D eigenvalue weighted by Gasteiger charge is 2.24. The second-order valence-corrected chi connectivity index (χ2v) is 5.48. The van der Waals surface area contributed by atoms with Crippen molar-refractivity contribution in [2.45, 2.75) is 13.0 Å². The number of fused-ring (bicyclic) bond motifs is 1. The van der Waals surface area contributed by atoms with E-state index in [1.165, 1.54) is 0 Å². The fraction of sp³-hybridized carbons (Fsp3) is 0.429. The topological polar surface area (TPSA) is 32.3 Å². The second-order valence-electron chi connectivity index (χ2n) is 5.14. The minimum atomic E-state index is 0.319. The van der Waals surface area contributed by atoms with Crippen LogP contribution in [-0.2, 0) is 0 Å². The average Bonchev–Trinajstić information content (AvgIpc) is 2.38. The van der Waals surface area contributed by atoms with Crippen LogP contribution in [0.15, 0.2) is 24.3 Å². The number of likely N-dealkylation sites (N-methyl/N-ethyl adjacent to an activating group) is 1. The third-order valence-corrected chi connectivity index (χ3v) is 3.83. The van der Waals surface area contributed by atoms with Crippen LogP contribution in [0.5, 0.6) is 0 Å². The molecule has 3 rings (SSSR count). The Morgan fingerprint density at radius 3 is 2.79 bits per heavy atom. The van der Waals surface area contributed by atoms with E-state index in [-0.39, 0.29) is 0 Å². The molecular formula is C14H17ClN4. The molecule has 100 valence electrons. The van der Waals surface area contributed by atoms with Crippen LogP contribution in [0.25, 0.3) is 10.9 Å². The predicted molar refractivity (Wildman–Crippen MR) is 78.9 cm³/mol. The van der Waals surface area contributed by atoms with Crippen molar-refractivity contribution in [1.29, 1.82) is 0 Å². The van der Waals surface area contributed by atoms with Crippen LogP contribution in [0, 0.1) is 0 Å². The van der Waals surface area contributed by atoms with Crippen LogP contribution in [0.3, 0.4) is 0 Å². The van der Waals surface area contributed by atoms with E-state index in [0.29, 0.717) is 11.3 Å². The van der Waals surface area contributed by atoms with Crippen molar-refractivity contribution < 1.29 is 0 Å². The van der Waals surface area contributed by atoms with Gasteiger partial charge in [-0.25, -0.2) is 4.98 Å². The quantitative estimate of drug-likeness (QED) is 0.749. The van der Waals surface area contributed by atoms with E-state index in [1.54, 1.807) is 0 Å². The molecule has 4 nitrogen and oxygen atoms in total. The van der Waals surface area contributed by atoms with Gasteiger partial charge < -0.3 is 9.80 Å². The van der Waals surface area contributed by atoms with Gasteiger partial charge in [0.2, 0.25) is 5.28 Å². The molecule has 1 atom stereocenters. The molecule has 0 N–H and O–H groups in total. The molecule has 0 spiro atoms. The highest BCUT2D eigenvalue weighted by molar-refractivity contribution is 6.28. The van der Waals surface area contributed by atoms with E-state index in [9.17, 15) is 0 Å². The van der Waals surface area contributed by atoms with Gasteiger partial charge in [-0.05, 0) is 37.7 Å². The summed E-state index contributed by atoms with van der Waals surface area (Å²) < 4.78 is 0. The summed E-state index contributed by atoms with van der Waals surface area (Å²) in [6.45, 7) is 5.27. The number of nitrogens with zero attached hydrogens (tertiary/aromatic N) is 4. The van der Waals surface area contributed by atoms with Gasteiger partial charge in [0.25, 0.3) is 0 Å². The molecule has 1 aliphatic rings. The zero-order chi connectivity index (χ0) is 13.4. The van der Waals surface area contributed by atoms with Gasteiger partial charge in [0.05, 0.1) is 5.52 Å². The standard InChI is InChI=1S/C14H17ClN4/c1-10-9-18(2)7-8-19(10)13-11-5-3-4-6-12(11)16-14(15)17-13/h3-6,10H,7-9H2,1-2H3. The van der Waals surface area contributed by atoms with Crippen LogP contribution in [-0.4, -0.2) is 47.6 Å². The summed E-state index contributed by atoms with van der Waals surface area (Å²) in [5, 5.41) is 1.39. The molecule has 0 radical (unpaired) electrons. The molecule has 1 saturated heterocycles. The van der Waals surface area contributed by atoms with Gasteiger partial charge in [-0.3, -0.25) is 0 Å². The lowest BCUT2D eigenvalue weighted by Crippen LogP contribution is -2.50. The molecule has 0 bridgehead atoms. The monoisotopic (exact) mass is 276 g/mol. The Kier molecular flexibility index (Phi) is 3.29. The minimum absolute atomic E-state index is 0.319. The highest BCUT2D eigenvalue weighted by atomic mass is 35.5. The predicted octanol–water partition coefficient (Wildman–Crippen LogP) is 2.42. The lowest BCUT2D eigenvalue weighted by molar-refractivity contribution is 0.275. The van der Waals surface area contributed by atoms with Gasteiger partial charge in [-0.2, -0.15) is 4.98 Å². The summed E-state index contributed by atoms with van der Waals surface area (Å²) in [6, 6.07) is 8.46. The molecule has 1 aliphatic heterocycles. The zero-order valence-corrected chi connectivity index (χ0v) is 11.9. The smallest absolute Gasteiger partial charge is 0.224 e. The SMILES string of the molecule is CC1CN(C)CCN1c1nc(Cl)nc2ccccc12. The summed E-state index contributed by atoms with van der Waals surface area (Å²) >= 11 is 6.06. The molecule has 1 unspecified atom stereocenters. The van der Waals surface area contributed by atoms with Gasteiger partial charge in [0.1, 0.15) is 5.82 Å². The maximum Gasteiger partial charge on any atom is 0.224 e. The van der Waals surface area contributed by atoms with E-state index in [0.717, 1.165) is 36.4 Å². The van der Waals surface area contributed by atoms with Crippen molar-refractivity contribution in [2.24, 2.45) is 0 Å². The van der Waals surface area contributed by atoms with Crippen molar-refractivity contribution in [3.8, 4) is 0 Å². The average molecular weight is 277 g/mol. The Bertz CT molecular complexity index is 601. The Morgan fingerprint density at radius 1 is 1.21 bits per heavy atom. The molecule has 2 aromatic rings. The number of para-hydroxylation sites is 1. The summed E-state index contributed by atoms with van der Waals surface area (Å²) in [7, 11) is 2.15. The lowest BCUT2D eigenvalue weighted by atomic mass is 10.1. The first-order valence-corrected chi connectivity index (χ1v) is 6.90. The van der Waals surface area contributed by atoms with Gasteiger partial charge in [-0.1, -0.05) is 12.1 Å². The molecule has 1 aromatic heterocycles. The Labute approximate surface area is 118 Å². The minimum Gasteiger partial charge on any atom is -0.351 e. The number of piperazine rings is 1. The van der Waals surface area contributed by atoms with Crippen LogP contribution >= 0.6 is 11.6 Å². The largest absolute Gasteiger partial charge is 0.351 e. The number of anilines is 1. The van der Waals surface area contributed by atoms with Crippen molar-refractivity contribution in [3.63, 3.8) is 0 Å².